The van der Waals surface area contributed by atoms with E-state index in [0.29, 0.717) is 12.2 Å². The molecule has 19 heavy (non-hydrogen) atoms. The van der Waals surface area contributed by atoms with Gasteiger partial charge in [0.25, 0.3) is 0 Å². The zero-order valence-corrected chi connectivity index (χ0v) is 10.9. The summed E-state index contributed by atoms with van der Waals surface area (Å²) in [5, 5.41) is 17.4. The fraction of sp³-hybridized carbons (Fsp3) is 0.385. The lowest BCUT2D eigenvalue weighted by Crippen LogP contribution is -2.32. The summed E-state index contributed by atoms with van der Waals surface area (Å²) < 4.78 is 13.7. The van der Waals surface area contributed by atoms with E-state index in [-0.39, 0.29) is 18.2 Å². The van der Waals surface area contributed by atoms with Gasteiger partial charge in [-0.15, -0.1) is 0 Å². The Morgan fingerprint density at radius 3 is 2.68 bits per heavy atom. The van der Waals surface area contributed by atoms with Crippen LogP contribution in [0.4, 0.5) is 15.8 Å². The first kappa shape index (κ1) is 14.8. The molecular formula is C13H16FN3O2. The third kappa shape index (κ3) is 3.35. The van der Waals surface area contributed by atoms with Crippen LogP contribution < -0.4 is 10.6 Å². The number of hydrogen-bond donors (Lipinski definition) is 2. The maximum Gasteiger partial charge on any atom is 0.338 e. The van der Waals surface area contributed by atoms with Crippen LogP contribution in [0.2, 0.25) is 0 Å². The van der Waals surface area contributed by atoms with Gasteiger partial charge in [0.05, 0.1) is 29.4 Å². The smallest absolute Gasteiger partial charge is 0.338 e. The Morgan fingerprint density at radius 1 is 1.58 bits per heavy atom. The van der Waals surface area contributed by atoms with E-state index in [2.05, 4.69) is 0 Å². The Balaban J connectivity index is 3.21. The molecule has 0 saturated carbocycles. The van der Waals surface area contributed by atoms with Crippen LogP contribution in [0, 0.1) is 17.1 Å². The lowest BCUT2D eigenvalue weighted by Gasteiger charge is -2.29. The quantitative estimate of drug-likeness (QED) is 0.797. The van der Waals surface area contributed by atoms with Crippen LogP contribution in [-0.4, -0.2) is 23.7 Å². The highest BCUT2D eigenvalue weighted by atomic mass is 19.1. The van der Waals surface area contributed by atoms with Crippen LogP contribution in [0.5, 0.6) is 0 Å². The summed E-state index contributed by atoms with van der Waals surface area (Å²) in [6.45, 7) is 4.18. The second kappa shape index (κ2) is 6.05. The highest BCUT2D eigenvalue weighted by molar-refractivity contribution is 5.91. The molecule has 5 nitrogen and oxygen atoms in total. The lowest BCUT2D eigenvalue weighted by atomic mass is 10.1. The van der Waals surface area contributed by atoms with Crippen LogP contribution in [0.3, 0.4) is 0 Å². The Kier molecular flexibility index (Phi) is 4.70. The number of carboxylic acids is 1. The van der Waals surface area contributed by atoms with Crippen molar-refractivity contribution in [1.29, 1.82) is 5.26 Å². The molecule has 0 unspecified atom stereocenters. The van der Waals surface area contributed by atoms with Gasteiger partial charge >= 0.3 is 5.97 Å². The minimum absolute atomic E-state index is 0.0192. The number of aromatic carboxylic acids is 1. The molecule has 0 bridgehead atoms. The molecule has 0 aliphatic heterocycles. The molecule has 1 rings (SSSR count). The van der Waals surface area contributed by atoms with Crippen molar-refractivity contribution in [3.63, 3.8) is 0 Å². The summed E-state index contributed by atoms with van der Waals surface area (Å²) in [7, 11) is 0. The number of hydrogen-bond acceptors (Lipinski definition) is 4. The van der Waals surface area contributed by atoms with Crippen LogP contribution >= 0.6 is 0 Å². The maximum absolute atomic E-state index is 13.7. The van der Waals surface area contributed by atoms with Crippen LogP contribution in [0.25, 0.3) is 0 Å². The number of benzene rings is 1. The highest BCUT2D eigenvalue weighted by Crippen LogP contribution is 2.28. The van der Waals surface area contributed by atoms with Gasteiger partial charge in [0.1, 0.15) is 5.82 Å². The van der Waals surface area contributed by atoms with E-state index < -0.39 is 17.3 Å². The molecular weight excluding hydrogens is 249 g/mol. The van der Waals surface area contributed by atoms with Crippen molar-refractivity contribution in [2.45, 2.75) is 26.3 Å². The number of nitrogens with zero attached hydrogens (tertiary/aromatic N) is 2. The summed E-state index contributed by atoms with van der Waals surface area (Å²) in [6.07, 6.45) is 0.278. The van der Waals surface area contributed by atoms with Gasteiger partial charge in [-0.2, -0.15) is 5.26 Å². The molecule has 0 spiro atoms. The predicted octanol–water partition coefficient (Wildman–Crippen LogP) is 2.23. The molecule has 0 aromatic heterocycles. The normalized spacial score (nSPS) is 10.3. The van der Waals surface area contributed by atoms with E-state index in [0.717, 1.165) is 12.1 Å². The number of carboxylic acid groups (broad SMARTS) is 1. The van der Waals surface area contributed by atoms with Crippen molar-refractivity contribution in [3.8, 4) is 6.07 Å². The molecule has 0 radical (unpaired) electrons. The monoisotopic (exact) mass is 265 g/mol. The average molecular weight is 265 g/mol. The summed E-state index contributed by atoms with van der Waals surface area (Å²) in [5.74, 6) is -2.19. The first-order chi connectivity index (χ1) is 8.88. The summed E-state index contributed by atoms with van der Waals surface area (Å²) in [6, 6.07) is 4.25. The number of nitriles is 1. The highest BCUT2D eigenvalue weighted by Gasteiger charge is 2.18. The number of carbonyl (C=O) groups is 1. The minimum Gasteiger partial charge on any atom is -0.478 e. The van der Waals surface area contributed by atoms with Gasteiger partial charge < -0.3 is 15.7 Å². The largest absolute Gasteiger partial charge is 0.478 e. The third-order valence-electron chi connectivity index (χ3n) is 2.74. The Bertz CT molecular complexity index is 523. The molecule has 0 aliphatic carbocycles. The van der Waals surface area contributed by atoms with Gasteiger partial charge in [-0.1, -0.05) is 0 Å². The molecule has 0 fully saturated rings. The molecule has 0 aliphatic rings. The van der Waals surface area contributed by atoms with Crippen molar-refractivity contribution in [3.05, 3.63) is 23.5 Å². The molecule has 102 valence electrons. The predicted molar refractivity (Wildman–Crippen MR) is 70.5 cm³/mol. The van der Waals surface area contributed by atoms with Crippen molar-refractivity contribution in [2.24, 2.45) is 0 Å². The van der Waals surface area contributed by atoms with Crippen LogP contribution in [0.15, 0.2) is 12.1 Å². The van der Waals surface area contributed by atoms with Gasteiger partial charge in [0, 0.05) is 18.7 Å². The average Bonchev–Trinajstić information content (AvgIpc) is 2.32. The van der Waals surface area contributed by atoms with Gasteiger partial charge in [0.15, 0.2) is 0 Å². The molecule has 0 heterocycles. The second-order valence-corrected chi connectivity index (χ2v) is 4.39. The number of nitrogens with two attached hydrogens (primary N) is 1. The second-order valence-electron chi connectivity index (χ2n) is 4.39. The van der Waals surface area contributed by atoms with E-state index >= 15 is 0 Å². The van der Waals surface area contributed by atoms with Crippen molar-refractivity contribution in [1.82, 2.24) is 0 Å². The van der Waals surface area contributed by atoms with Crippen LogP contribution in [0.1, 0.15) is 30.6 Å². The zero-order chi connectivity index (χ0) is 14.6. The van der Waals surface area contributed by atoms with E-state index in [1.165, 1.54) is 0 Å². The van der Waals surface area contributed by atoms with Crippen molar-refractivity contribution < 1.29 is 14.3 Å². The molecule has 6 heteroatoms. The zero-order valence-electron chi connectivity index (χ0n) is 10.9. The third-order valence-corrected chi connectivity index (χ3v) is 2.74. The molecule has 0 saturated heterocycles. The Labute approximate surface area is 111 Å². The summed E-state index contributed by atoms with van der Waals surface area (Å²) in [4.78, 5) is 12.6. The van der Waals surface area contributed by atoms with Gasteiger partial charge in [-0.25, -0.2) is 9.18 Å². The van der Waals surface area contributed by atoms with Crippen LogP contribution in [-0.2, 0) is 0 Å². The lowest BCUT2D eigenvalue weighted by molar-refractivity contribution is 0.0692. The van der Waals surface area contributed by atoms with E-state index in [4.69, 9.17) is 16.1 Å². The number of rotatable bonds is 5. The van der Waals surface area contributed by atoms with E-state index in [9.17, 15) is 9.18 Å². The molecule has 0 atom stereocenters. The van der Waals surface area contributed by atoms with E-state index in [1.54, 1.807) is 4.90 Å². The maximum atomic E-state index is 13.7. The first-order valence-corrected chi connectivity index (χ1v) is 5.84. The molecule has 1 aromatic rings. The molecule has 1 aromatic carbocycles. The van der Waals surface area contributed by atoms with Gasteiger partial charge in [-0.05, 0) is 19.9 Å². The summed E-state index contributed by atoms with van der Waals surface area (Å²) >= 11 is 0. The summed E-state index contributed by atoms with van der Waals surface area (Å²) in [5.41, 5.74) is 5.93. The minimum atomic E-state index is -1.36. The fourth-order valence-electron chi connectivity index (χ4n) is 1.82. The standard InChI is InChI=1S/C13H16FN3O2/c1-8(2)17(5-3-4-15)12-7-10(14)9(13(18)19)6-11(12)16/h6-8H,3,5,16H2,1-2H3,(H,18,19). The number of nitrogen functional groups attached to an aromatic ring is 1. The van der Waals surface area contributed by atoms with Gasteiger partial charge in [-0.3, -0.25) is 0 Å². The topological polar surface area (TPSA) is 90.3 Å². The van der Waals surface area contributed by atoms with Gasteiger partial charge in [0.2, 0.25) is 0 Å². The SMILES string of the molecule is CC(C)N(CCC#N)c1cc(F)c(C(=O)O)cc1N. The van der Waals surface area contributed by atoms with E-state index in [1.807, 2.05) is 19.9 Å². The van der Waals surface area contributed by atoms with Crippen molar-refractivity contribution in [2.75, 3.05) is 17.2 Å². The first-order valence-electron chi connectivity index (χ1n) is 5.84. The fourth-order valence-corrected chi connectivity index (χ4v) is 1.82. The Morgan fingerprint density at radius 2 is 2.21 bits per heavy atom. The Hall–Kier alpha value is -2.29. The number of halogens is 1. The molecule has 3 N–H and O–H groups in total. The molecule has 0 amide bonds. The number of anilines is 2. The van der Waals surface area contributed by atoms with Crippen molar-refractivity contribution >= 4 is 17.3 Å².